The highest BCUT2D eigenvalue weighted by molar-refractivity contribution is 5.89. The minimum atomic E-state index is -0.354. The van der Waals surface area contributed by atoms with Gasteiger partial charge >= 0.3 is 5.97 Å². The zero-order chi connectivity index (χ0) is 16.0. The molecule has 1 aromatic rings. The van der Waals surface area contributed by atoms with Gasteiger partial charge in [0.2, 0.25) is 5.91 Å². The molecule has 5 nitrogen and oxygen atoms in total. The standard InChI is InChI=1S/C16H24N2O3/c1-11(14(19)18-16(2,3)4)17-10-12-6-8-13(9-7-12)15(20)21-5/h6-9,11,17H,10H2,1-5H3,(H,18,19). The Kier molecular flexibility index (Phi) is 5.90. The number of amides is 1. The van der Waals surface area contributed by atoms with Crippen molar-refractivity contribution in [1.29, 1.82) is 0 Å². The third kappa shape index (κ3) is 5.95. The second-order valence-corrected chi connectivity index (χ2v) is 6.03. The Morgan fingerprint density at radius 3 is 2.24 bits per heavy atom. The van der Waals surface area contributed by atoms with Crippen molar-refractivity contribution in [3.63, 3.8) is 0 Å². The van der Waals surface area contributed by atoms with Gasteiger partial charge in [-0.2, -0.15) is 0 Å². The molecule has 1 rings (SSSR count). The average molecular weight is 292 g/mol. The highest BCUT2D eigenvalue weighted by Crippen LogP contribution is 2.06. The predicted octanol–water partition coefficient (Wildman–Crippen LogP) is 1.87. The zero-order valence-corrected chi connectivity index (χ0v) is 13.3. The summed E-state index contributed by atoms with van der Waals surface area (Å²) >= 11 is 0. The van der Waals surface area contributed by atoms with Crippen LogP contribution in [-0.2, 0) is 16.1 Å². The molecule has 0 aliphatic carbocycles. The summed E-state index contributed by atoms with van der Waals surface area (Å²) in [6.07, 6.45) is 0. The van der Waals surface area contributed by atoms with Gasteiger partial charge in [0, 0.05) is 12.1 Å². The number of ether oxygens (including phenoxy) is 1. The molecule has 21 heavy (non-hydrogen) atoms. The van der Waals surface area contributed by atoms with Gasteiger partial charge in [-0.25, -0.2) is 4.79 Å². The van der Waals surface area contributed by atoms with Crippen LogP contribution in [0.4, 0.5) is 0 Å². The fourth-order valence-corrected chi connectivity index (χ4v) is 1.72. The molecule has 1 atom stereocenters. The second kappa shape index (κ2) is 7.22. The molecule has 0 fully saturated rings. The van der Waals surface area contributed by atoms with E-state index in [2.05, 4.69) is 15.4 Å². The number of hydrogen-bond acceptors (Lipinski definition) is 4. The first-order valence-corrected chi connectivity index (χ1v) is 6.95. The molecule has 0 bridgehead atoms. The summed E-state index contributed by atoms with van der Waals surface area (Å²) in [5, 5.41) is 6.08. The average Bonchev–Trinajstić information content (AvgIpc) is 2.42. The third-order valence-corrected chi connectivity index (χ3v) is 2.88. The quantitative estimate of drug-likeness (QED) is 0.813. The van der Waals surface area contributed by atoms with Crippen molar-refractivity contribution in [2.75, 3.05) is 7.11 Å². The second-order valence-electron chi connectivity index (χ2n) is 6.03. The van der Waals surface area contributed by atoms with Gasteiger partial charge in [0.25, 0.3) is 0 Å². The summed E-state index contributed by atoms with van der Waals surface area (Å²) in [6, 6.07) is 6.82. The Morgan fingerprint density at radius 2 is 1.76 bits per heavy atom. The smallest absolute Gasteiger partial charge is 0.337 e. The first-order chi connectivity index (χ1) is 9.73. The van der Waals surface area contributed by atoms with Crippen molar-refractivity contribution in [3.8, 4) is 0 Å². The lowest BCUT2D eigenvalue weighted by Crippen LogP contribution is -2.49. The monoisotopic (exact) mass is 292 g/mol. The summed E-state index contributed by atoms with van der Waals surface area (Å²) in [5.74, 6) is -0.388. The molecular weight excluding hydrogens is 268 g/mol. The lowest BCUT2D eigenvalue weighted by atomic mass is 10.1. The molecule has 0 heterocycles. The normalized spacial score (nSPS) is 12.6. The highest BCUT2D eigenvalue weighted by Gasteiger charge is 2.18. The zero-order valence-electron chi connectivity index (χ0n) is 13.3. The van der Waals surface area contributed by atoms with Crippen molar-refractivity contribution in [2.24, 2.45) is 0 Å². The summed E-state index contributed by atoms with van der Waals surface area (Å²) in [5.41, 5.74) is 1.27. The summed E-state index contributed by atoms with van der Waals surface area (Å²) < 4.78 is 4.64. The summed E-state index contributed by atoms with van der Waals surface area (Å²) in [7, 11) is 1.35. The van der Waals surface area contributed by atoms with E-state index >= 15 is 0 Å². The maximum Gasteiger partial charge on any atom is 0.337 e. The van der Waals surface area contributed by atoms with Crippen molar-refractivity contribution in [3.05, 3.63) is 35.4 Å². The fraction of sp³-hybridized carbons (Fsp3) is 0.500. The van der Waals surface area contributed by atoms with Gasteiger partial charge in [0.05, 0.1) is 18.7 Å². The van der Waals surface area contributed by atoms with Gasteiger partial charge < -0.3 is 15.4 Å². The predicted molar refractivity (Wildman–Crippen MR) is 82.0 cm³/mol. The van der Waals surface area contributed by atoms with Gasteiger partial charge in [-0.05, 0) is 45.4 Å². The molecule has 1 unspecified atom stereocenters. The Labute approximate surface area is 126 Å². The fourth-order valence-electron chi connectivity index (χ4n) is 1.72. The third-order valence-electron chi connectivity index (χ3n) is 2.88. The van der Waals surface area contributed by atoms with Crippen molar-refractivity contribution in [2.45, 2.75) is 45.8 Å². The highest BCUT2D eigenvalue weighted by atomic mass is 16.5. The van der Waals surface area contributed by atoms with Gasteiger partial charge in [0.1, 0.15) is 0 Å². The van der Waals surface area contributed by atoms with Crippen molar-refractivity contribution in [1.82, 2.24) is 10.6 Å². The van der Waals surface area contributed by atoms with Crippen LogP contribution in [-0.4, -0.2) is 30.6 Å². The van der Waals surface area contributed by atoms with Crippen molar-refractivity contribution >= 4 is 11.9 Å². The van der Waals surface area contributed by atoms with E-state index in [1.165, 1.54) is 7.11 Å². The van der Waals surface area contributed by atoms with Gasteiger partial charge in [0.15, 0.2) is 0 Å². The van der Waals surface area contributed by atoms with Crippen molar-refractivity contribution < 1.29 is 14.3 Å². The first kappa shape index (κ1) is 17.2. The molecule has 0 saturated carbocycles. The van der Waals surface area contributed by atoms with Gasteiger partial charge in [-0.15, -0.1) is 0 Å². The summed E-state index contributed by atoms with van der Waals surface area (Å²) in [4.78, 5) is 23.2. The number of carbonyl (C=O) groups is 2. The van der Waals surface area contributed by atoms with E-state index in [9.17, 15) is 9.59 Å². The van der Waals surface area contributed by atoms with E-state index in [1.807, 2.05) is 39.8 Å². The first-order valence-electron chi connectivity index (χ1n) is 6.95. The molecule has 1 aromatic carbocycles. The van der Waals surface area contributed by atoms with Crippen LogP contribution >= 0.6 is 0 Å². The molecule has 0 spiro atoms. The maximum atomic E-state index is 11.9. The number of esters is 1. The van der Waals surface area contributed by atoms with E-state index in [1.54, 1.807) is 12.1 Å². The molecule has 0 aromatic heterocycles. The number of benzene rings is 1. The van der Waals surface area contributed by atoms with E-state index in [0.717, 1.165) is 5.56 Å². The summed E-state index contributed by atoms with van der Waals surface area (Å²) in [6.45, 7) is 8.22. The minimum absolute atomic E-state index is 0.0336. The van der Waals surface area contributed by atoms with Crippen LogP contribution in [0.3, 0.4) is 0 Å². The molecule has 5 heteroatoms. The molecular formula is C16H24N2O3. The molecule has 0 aliphatic heterocycles. The van der Waals surface area contributed by atoms with E-state index in [4.69, 9.17) is 0 Å². The van der Waals surface area contributed by atoms with E-state index < -0.39 is 0 Å². The maximum absolute atomic E-state index is 11.9. The molecule has 0 saturated heterocycles. The van der Waals surface area contributed by atoms with Crippen LogP contribution in [0.25, 0.3) is 0 Å². The van der Waals surface area contributed by atoms with Gasteiger partial charge in [-0.1, -0.05) is 12.1 Å². The SMILES string of the molecule is COC(=O)c1ccc(CNC(C)C(=O)NC(C)(C)C)cc1. The Morgan fingerprint density at radius 1 is 1.19 bits per heavy atom. The van der Waals surface area contributed by atoms with E-state index in [-0.39, 0.29) is 23.5 Å². The molecule has 1 amide bonds. The lowest BCUT2D eigenvalue weighted by Gasteiger charge is -2.23. The van der Waals surface area contributed by atoms with Crippen LogP contribution in [0.1, 0.15) is 43.6 Å². The van der Waals surface area contributed by atoms with Crippen LogP contribution < -0.4 is 10.6 Å². The van der Waals surface area contributed by atoms with E-state index in [0.29, 0.717) is 12.1 Å². The molecule has 0 radical (unpaired) electrons. The Balaban J connectivity index is 2.51. The Hall–Kier alpha value is -1.88. The largest absolute Gasteiger partial charge is 0.465 e. The number of rotatable bonds is 5. The van der Waals surface area contributed by atoms with Crippen LogP contribution in [0.2, 0.25) is 0 Å². The molecule has 2 N–H and O–H groups in total. The topological polar surface area (TPSA) is 67.4 Å². The molecule has 116 valence electrons. The molecule has 0 aliphatic rings. The number of hydrogen-bond donors (Lipinski definition) is 2. The Bertz CT molecular complexity index is 489. The number of nitrogens with one attached hydrogen (secondary N) is 2. The lowest BCUT2D eigenvalue weighted by molar-refractivity contribution is -0.124. The number of methoxy groups -OCH3 is 1. The van der Waals surface area contributed by atoms with Crippen LogP contribution in [0, 0.1) is 0 Å². The van der Waals surface area contributed by atoms with Crippen LogP contribution in [0.15, 0.2) is 24.3 Å². The number of carbonyl (C=O) groups excluding carboxylic acids is 2. The minimum Gasteiger partial charge on any atom is -0.465 e. The van der Waals surface area contributed by atoms with Crippen LogP contribution in [0.5, 0.6) is 0 Å². The van der Waals surface area contributed by atoms with Gasteiger partial charge in [-0.3, -0.25) is 4.79 Å².